The molecule has 27 heavy (non-hydrogen) atoms. The van der Waals surface area contributed by atoms with E-state index in [1.165, 1.54) is 11.3 Å². The van der Waals surface area contributed by atoms with Crippen molar-refractivity contribution in [3.8, 4) is 16.2 Å². The van der Waals surface area contributed by atoms with Gasteiger partial charge < -0.3 is 35.6 Å². The molecule has 7 N–H and O–H groups in total. The molecule has 1 saturated heterocycles. The Kier molecular flexibility index (Phi) is 5.95. The van der Waals surface area contributed by atoms with E-state index < -0.39 is 43.3 Å². The number of thiophene rings is 1. The molecule has 0 radical (unpaired) electrons. The molecule has 1 aromatic heterocycles. The lowest BCUT2D eigenvalue weighted by atomic mass is 9.99. The van der Waals surface area contributed by atoms with Gasteiger partial charge in [0, 0.05) is 4.88 Å². The van der Waals surface area contributed by atoms with E-state index in [0.717, 1.165) is 10.4 Å². The Balaban J connectivity index is 1.68. The van der Waals surface area contributed by atoms with Gasteiger partial charge in [-0.05, 0) is 42.0 Å². The average molecular weight is 396 g/mol. The predicted octanol–water partition coefficient (Wildman–Crippen LogP) is 0.0844. The van der Waals surface area contributed by atoms with Crippen LogP contribution in [0.25, 0.3) is 10.4 Å². The number of hydrogen-bond acceptors (Lipinski definition) is 8. The SMILES string of the molecule is NC(=O)Nc1ccc(-c2ccc(OC3OC(CO)C(O)C(O)C3O)cc2)s1. The highest BCUT2D eigenvalue weighted by molar-refractivity contribution is 7.19. The number of carbonyl (C=O) groups excluding carboxylic acids is 1. The fourth-order valence-electron chi connectivity index (χ4n) is 2.68. The molecule has 0 bridgehead atoms. The van der Waals surface area contributed by atoms with Crippen LogP contribution in [-0.2, 0) is 4.74 Å². The molecule has 146 valence electrons. The molecule has 2 aromatic rings. The van der Waals surface area contributed by atoms with Crippen LogP contribution in [0.4, 0.5) is 9.80 Å². The number of ether oxygens (including phenoxy) is 2. The highest BCUT2D eigenvalue weighted by Gasteiger charge is 2.44. The second kappa shape index (κ2) is 8.21. The molecule has 2 amide bonds. The number of anilines is 1. The van der Waals surface area contributed by atoms with Crippen molar-refractivity contribution in [3.63, 3.8) is 0 Å². The van der Waals surface area contributed by atoms with Gasteiger partial charge in [0.05, 0.1) is 11.6 Å². The first-order valence-electron chi connectivity index (χ1n) is 8.13. The Bertz CT molecular complexity index is 780. The van der Waals surface area contributed by atoms with Crippen LogP contribution >= 0.6 is 11.3 Å². The van der Waals surface area contributed by atoms with Gasteiger partial charge in [0.1, 0.15) is 30.2 Å². The molecule has 0 saturated carbocycles. The third-order valence-electron chi connectivity index (χ3n) is 4.09. The van der Waals surface area contributed by atoms with Gasteiger partial charge in [0.15, 0.2) is 0 Å². The van der Waals surface area contributed by atoms with Crippen molar-refractivity contribution in [2.24, 2.45) is 5.73 Å². The van der Waals surface area contributed by atoms with Gasteiger partial charge >= 0.3 is 6.03 Å². The third kappa shape index (κ3) is 4.38. The van der Waals surface area contributed by atoms with E-state index in [9.17, 15) is 25.2 Å². The topological polar surface area (TPSA) is 154 Å². The fourth-order valence-corrected chi connectivity index (χ4v) is 3.59. The van der Waals surface area contributed by atoms with Crippen molar-refractivity contribution in [3.05, 3.63) is 36.4 Å². The van der Waals surface area contributed by atoms with Crippen LogP contribution < -0.4 is 15.8 Å². The maximum absolute atomic E-state index is 10.9. The highest BCUT2D eigenvalue weighted by Crippen LogP contribution is 2.33. The summed E-state index contributed by atoms with van der Waals surface area (Å²) < 4.78 is 10.8. The summed E-state index contributed by atoms with van der Waals surface area (Å²) in [6.45, 7) is -0.524. The van der Waals surface area contributed by atoms with Crippen molar-refractivity contribution >= 4 is 22.4 Å². The maximum atomic E-state index is 10.9. The van der Waals surface area contributed by atoms with Crippen molar-refractivity contribution in [1.29, 1.82) is 0 Å². The van der Waals surface area contributed by atoms with Gasteiger partial charge in [-0.3, -0.25) is 5.32 Å². The van der Waals surface area contributed by atoms with E-state index in [0.29, 0.717) is 10.8 Å². The maximum Gasteiger partial charge on any atom is 0.317 e. The van der Waals surface area contributed by atoms with Crippen LogP contribution in [0, 0.1) is 0 Å². The normalized spacial score (nSPS) is 27.9. The number of hydrogen-bond donors (Lipinski definition) is 6. The summed E-state index contributed by atoms with van der Waals surface area (Å²) in [5.74, 6) is 0.370. The first kappa shape index (κ1) is 19.5. The molecule has 1 fully saturated rings. The van der Waals surface area contributed by atoms with E-state index in [-0.39, 0.29) is 0 Å². The number of benzene rings is 1. The number of nitrogens with one attached hydrogen (secondary N) is 1. The monoisotopic (exact) mass is 396 g/mol. The van der Waals surface area contributed by atoms with E-state index in [1.54, 1.807) is 30.3 Å². The van der Waals surface area contributed by atoms with Crippen molar-refractivity contribution < 1.29 is 34.7 Å². The first-order chi connectivity index (χ1) is 12.9. The van der Waals surface area contributed by atoms with E-state index in [2.05, 4.69) is 5.32 Å². The Morgan fingerprint density at radius 3 is 2.44 bits per heavy atom. The minimum atomic E-state index is -1.50. The summed E-state index contributed by atoms with van der Waals surface area (Å²) in [4.78, 5) is 11.8. The summed E-state index contributed by atoms with van der Waals surface area (Å²) in [6.07, 6.45) is -6.67. The van der Waals surface area contributed by atoms with Crippen molar-refractivity contribution in [2.75, 3.05) is 11.9 Å². The molecule has 0 spiro atoms. The van der Waals surface area contributed by atoms with E-state index >= 15 is 0 Å². The molecule has 2 heterocycles. The number of nitrogens with two attached hydrogens (primary N) is 1. The average Bonchev–Trinajstić information content (AvgIpc) is 3.10. The molecule has 5 atom stereocenters. The molecule has 10 heteroatoms. The Morgan fingerprint density at radius 2 is 1.81 bits per heavy atom. The molecular formula is C17H20N2O7S. The third-order valence-corrected chi connectivity index (χ3v) is 5.14. The summed E-state index contributed by atoms with van der Waals surface area (Å²) in [6, 6.07) is 9.80. The van der Waals surface area contributed by atoms with Crippen LogP contribution in [0.1, 0.15) is 0 Å². The molecule has 0 aliphatic carbocycles. The minimum absolute atomic E-state index is 0.370. The lowest BCUT2D eigenvalue weighted by Crippen LogP contribution is -2.60. The van der Waals surface area contributed by atoms with Gasteiger partial charge in [-0.15, -0.1) is 11.3 Å². The number of carbonyl (C=O) groups is 1. The quantitative estimate of drug-likeness (QED) is 0.418. The fraction of sp³-hybridized carbons (Fsp3) is 0.353. The lowest BCUT2D eigenvalue weighted by molar-refractivity contribution is -0.277. The van der Waals surface area contributed by atoms with Gasteiger partial charge in [-0.25, -0.2) is 4.79 Å². The number of primary amides is 1. The van der Waals surface area contributed by atoms with Gasteiger partial charge in [-0.2, -0.15) is 0 Å². The summed E-state index contributed by atoms with van der Waals surface area (Å²) in [5, 5.41) is 41.9. The van der Waals surface area contributed by atoms with Gasteiger partial charge in [-0.1, -0.05) is 0 Å². The molecule has 1 aromatic carbocycles. The lowest BCUT2D eigenvalue weighted by Gasteiger charge is -2.39. The zero-order chi connectivity index (χ0) is 19.6. The summed E-state index contributed by atoms with van der Waals surface area (Å²) in [5.41, 5.74) is 5.96. The summed E-state index contributed by atoms with van der Waals surface area (Å²) >= 11 is 1.35. The molecule has 3 rings (SSSR count). The number of aliphatic hydroxyl groups excluding tert-OH is 4. The highest BCUT2D eigenvalue weighted by atomic mass is 32.1. The van der Waals surface area contributed by atoms with Gasteiger partial charge in [0.2, 0.25) is 6.29 Å². The van der Waals surface area contributed by atoms with Crippen molar-refractivity contribution in [1.82, 2.24) is 0 Å². The number of urea groups is 1. The van der Waals surface area contributed by atoms with Crippen LogP contribution in [0.15, 0.2) is 36.4 Å². The van der Waals surface area contributed by atoms with Crippen LogP contribution in [-0.4, -0.2) is 63.8 Å². The molecule has 1 aliphatic heterocycles. The second-order valence-electron chi connectivity index (χ2n) is 5.99. The summed E-state index contributed by atoms with van der Waals surface area (Å²) in [7, 11) is 0. The minimum Gasteiger partial charge on any atom is -0.462 e. The Labute approximate surface area is 158 Å². The Hall–Kier alpha value is -2.21. The number of amides is 2. The zero-order valence-electron chi connectivity index (χ0n) is 14.1. The van der Waals surface area contributed by atoms with E-state index in [4.69, 9.17) is 15.2 Å². The van der Waals surface area contributed by atoms with Crippen molar-refractivity contribution in [2.45, 2.75) is 30.7 Å². The molecule has 5 unspecified atom stereocenters. The zero-order valence-corrected chi connectivity index (χ0v) is 14.9. The number of aliphatic hydroxyl groups is 4. The number of rotatable bonds is 5. The smallest absolute Gasteiger partial charge is 0.317 e. The molecular weight excluding hydrogens is 376 g/mol. The molecule has 1 aliphatic rings. The largest absolute Gasteiger partial charge is 0.462 e. The molecule has 9 nitrogen and oxygen atoms in total. The van der Waals surface area contributed by atoms with Crippen LogP contribution in [0.5, 0.6) is 5.75 Å². The Morgan fingerprint density at radius 1 is 1.11 bits per heavy atom. The first-order valence-corrected chi connectivity index (χ1v) is 8.94. The standard InChI is InChI=1S/C17H20N2O7S/c18-17(24)19-12-6-5-11(27-12)8-1-3-9(4-2-8)25-16-15(23)14(22)13(21)10(7-20)26-16/h1-6,10,13-16,20-23H,7H2,(H3,18,19,24). The van der Waals surface area contributed by atoms with Gasteiger partial charge in [0.25, 0.3) is 0 Å². The van der Waals surface area contributed by atoms with Crippen LogP contribution in [0.2, 0.25) is 0 Å². The van der Waals surface area contributed by atoms with Crippen LogP contribution in [0.3, 0.4) is 0 Å². The van der Waals surface area contributed by atoms with E-state index in [1.807, 2.05) is 6.07 Å². The second-order valence-corrected chi connectivity index (χ2v) is 7.08. The predicted molar refractivity (Wildman–Crippen MR) is 97.4 cm³/mol.